The molecule has 8 heteroatoms. The van der Waals surface area contributed by atoms with Crippen molar-refractivity contribution in [2.75, 3.05) is 18.1 Å². The molecule has 1 aliphatic rings. The highest BCUT2D eigenvalue weighted by molar-refractivity contribution is 7.91. The first-order valence-electron chi connectivity index (χ1n) is 10.1. The van der Waals surface area contributed by atoms with Gasteiger partial charge in [-0.3, -0.25) is 9.48 Å². The monoisotopic (exact) mass is 445 g/mol. The number of nitrogens with one attached hydrogen (secondary N) is 1. The molecule has 4 rings (SSSR count). The van der Waals surface area contributed by atoms with E-state index in [4.69, 9.17) is 11.6 Å². The molecule has 0 unspecified atom stereocenters. The molecule has 1 N–H and O–H groups in total. The van der Waals surface area contributed by atoms with E-state index in [1.165, 1.54) is 0 Å². The Hall–Kier alpha value is -2.38. The lowest BCUT2D eigenvalue weighted by atomic mass is 9.99. The van der Waals surface area contributed by atoms with E-state index in [-0.39, 0.29) is 17.4 Å². The lowest BCUT2D eigenvalue weighted by Crippen LogP contribution is -2.29. The number of hydrogen-bond acceptors (Lipinski definition) is 4. The summed E-state index contributed by atoms with van der Waals surface area (Å²) in [5, 5.41) is 9.04. The molecule has 6 nitrogen and oxygen atoms in total. The van der Waals surface area contributed by atoms with Crippen LogP contribution < -0.4 is 5.32 Å². The Kier molecular flexibility index (Phi) is 6.11. The third-order valence-electron chi connectivity index (χ3n) is 5.63. The molecule has 0 spiro atoms. The van der Waals surface area contributed by atoms with Crippen LogP contribution in [-0.2, 0) is 16.4 Å². The third kappa shape index (κ3) is 4.84. The maximum atomic E-state index is 12.8. The number of hydrogen-bond donors (Lipinski definition) is 1. The molecule has 1 fully saturated rings. The minimum absolute atomic E-state index is 0.204. The average molecular weight is 446 g/mol. The van der Waals surface area contributed by atoms with Gasteiger partial charge in [0.2, 0.25) is 0 Å². The summed E-state index contributed by atoms with van der Waals surface area (Å²) in [5.41, 5.74) is 2.35. The first kappa shape index (κ1) is 20.9. The Morgan fingerprint density at radius 3 is 2.53 bits per heavy atom. The van der Waals surface area contributed by atoms with Gasteiger partial charge in [0.25, 0.3) is 5.91 Å². The van der Waals surface area contributed by atoms with E-state index < -0.39 is 9.84 Å². The van der Waals surface area contributed by atoms with Crippen molar-refractivity contribution in [3.63, 3.8) is 0 Å². The number of amides is 1. The molecule has 2 aromatic carbocycles. The first-order valence-corrected chi connectivity index (χ1v) is 12.3. The summed E-state index contributed by atoms with van der Waals surface area (Å²) in [4.78, 5) is 12.8. The van der Waals surface area contributed by atoms with Crippen molar-refractivity contribution in [1.29, 1.82) is 0 Å². The van der Waals surface area contributed by atoms with Crippen LogP contribution in [0, 0.1) is 5.92 Å². The number of halogens is 1. The van der Waals surface area contributed by atoms with Crippen molar-refractivity contribution in [3.05, 3.63) is 64.8 Å². The van der Waals surface area contributed by atoms with Crippen molar-refractivity contribution in [2.45, 2.75) is 25.8 Å². The Balaban J connectivity index is 1.44. The lowest BCUT2D eigenvalue weighted by molar-refractivity contribution is 0.0946. The fourth-order valence-corrected chi connectivity index (χ4v) is 5.59. The Morgan fingerprint density at radius 1 is 1.10 bits per heavy atom. The molecule has 0 radical (unpaired) electrons. The minimum atomic E-state index is -2.86. The smallest absolute Gasteiger partial charge is 0.272 e. The van der Waals surface area contributed by atoms with Crippen LogP contribution >= 0.6 is 11.6 Å². The van der Waals surface area contributed by atoms with Crippen molar-refractivity contribution in [1.82, 2.24) is 15.1 Å². The SMILES string of the molecule is O=C(NCCC1CCS(=O)(=O)CC1)c1nn(Cc2ccc(Cl)cc2)c2ccccc12. The summed E-state index contributed by atoms with van der Waals surface area (Å²) in [5.74, 6) is 0.647. The van der Waals surface area contributed by atoms with E-state index in [9.17, 15) is 13.2 Å². The molecule has 0 bridgehead atoms. The van der Waals surface area contributed by atoms with Crippen molar-refractivity contribution < 1.29 is 13.2 Å². The third-order valence-corrected chi connectivity index (χ3v) is 7.60. The van der Waals surface area contributed by atoms with Crippen LogP contribution in [0.3, 0.4) is 0 Å². The van der Waals surface area contributed by atoms with Crippen LogP contribution in [0.2, 0.25) is 5.02 Å². The van der Waals surface area contributed by atoms with Gasteiger partial charge in [-0.1, -0.05) is 41.9 Å². The zero-order valence-electron chi connectivity index (χ0n) is 16.6. The largest absolute Gasteiger partial charge is 0.351 e. The van der Waals surface area contributed by atoms with Gasteiger partial charge in [-0.05, 0) is 48.9 Å². The molecule has 0 atom stereocenters. The van der Waals surface area contributed by atoms with Crippen LogP contribution in [0.1, 0.15) is 35.3 Å². The molecule has 0 saturated carbocycles. The van der Waals surface area contributed by atoms with Gasteiger partial charge < -0.3 is 5.32 Å². The molecule has 0 aliphatic carbocycles. The highest BCUT2D eigenvalue weighted by atomic mass is 35.5. The normalized spacial score (nSPS) is 16.6. The van der Waals surface area contributed by atoms with E-state index in [1.54, 1.807) is 0 Å². The summed E-state index contributed by atoms with van der Waals surface area (Å²) in [6, 6.07) is 15.3. The van der Waals surface area contributed by atoms with Crippen molar-refractivity contribution >= 4 is 38.2 Å². The molecule has 2 heterocycles. The second-order valence-corrected chi connectivity index (χ2v) is 10.5. The summed E-state index contributed by atoms with van der Waals surface area (Å²) < 4.78 is 24.9. The van der Waals surface area contributed by atoms with Gasteiger partial charge in [0, 0.05) is 17.0 Å². The summed E-state index contributed by atoms with van der Waals surface area (Å²) in [6.45, 7) is 1.06. The Morgan fingerprint density at radius 2 is 1.80 bits per heavy atom. The van der Waals surface area contributed by atoms with E-state index in [1.807, 2.05) is 53.2 Å². The lowest BCUT2D eigenvalue weighted by Gasteiger charge is -2.21. The predicted molar refractivity (Wildman–Crippen MR) is 119 cm³/mol. The standard InChI is InChI=1S/C22H24ClN3O3S/c23-18-7-5-17(6-8-18)15-26-20-4-2-1-3-19(20)21(25-26)22(27)24-12-9-16-10-13-30(28,29)14-11-16/h1-8,16H,9-15H2,(H,24,27). The molecule has 1 aromatic heterocycles. The second kappa shape index (κ2) is 8.78. The van der Waals surface area contributed by atoms with E-state index >= 15 is 0 Å². The number of sulfone groups is 1. The fraction of sp³-hybridized carbons (Fsp3) is 0.364. The predicted octanol–water partition coefficient (Wildman–Crippen LogP) is 3.68. The molecule has 1 saturated heterocycles. The second-order valence-electron chi connectivity index (χ2n) is 7.79. The van der Waals surface area contributed by atoms with Gasteiger partial charge in [-0.2, -0.15) is 5.10 Å². The van der Waals surface area contributed by atoms with Gasteiger partial charge in [0.05, 0.1) is 23.6 Å². The van der Waals surface area contributed by atoms with Crippen LogP contribution in [0.4, 0.5) is 0 Å². The molecule has 3 aromatic rings. The van der Waals surface area contributed by atoms with Crippen LogP contribution in [0.5, 0.6) is 0 Å². The topological polar surface area (TPSA) is 81.1 Å². The van der Waals surface area contributed by atoms with E-state index in [0.29, 0.717) is 42.6 Å². The zero-order chi connectivity index (χ0) is 21.1. The van der Waals surface area contributed by atoms with Gasteiger partial charge in [-0.15, -0.1) is 0 Å². The number of benzene rings is 2. The van der Waals surface area contributed by atoms with Crippen molar-refractivity contribution in [3.8, 4) is 0 Å². The zero-order valence-corrected chi connectivity index (χ0v) is 18.1. The average Bonchev–Trinajstić information content (AvgIpc) is 3.09. The van der Waals surface area contributed by atoms with Gasteiger partial charge in [-0.25, -0.2) is 8.42 Å². The number of carbonyl (C=O) groups excluding carboxylic acids is 1. The number of aromatic nitrogens is 2. The molecule has 30 heavy (non-hydrogen) atoms. The van der Waals surface area contributed by atoms with Crippen molar-refractivity contribution in [2.24, 2.45) is 5.92 Å². The molecular formula is C22H24ClN3O3S. The van der Waals surface area contributed by atoms with E-state index in [2.05, 4.69) is 10.4 Å². The van der Waals surface area contributed by atoms with Crippen LogP contribution in [0.15, 0.2) is 48.5 Å². The fourth-order valence-electron chi connectivity index (χ4n) is 3.88. The van der Waals surface area contributed by atoms with Gasteiger partial charge in [0.15, 0.2) is 5.69 Å². The van der Waals surface area contributed by atoms with Crippen LogP contribution in [0.25, 0.3) is 10.9 Å². The minimum Gasteiger partial charge on any atom is -0.351 e. The molecule has 1 amide bonds. The highest BCUT2D eigenvalue weighted by Gasteiger charge is 2.24. The van der Waals surface area contributed by atoms with Crippen LogP contribution in [-0.4, -0.2) is 42.2 Å². The number of nitrogens with zero attached hydrogens (tertiary/aromatic N) is 2. The number of fused-ring (bicyclic) bond motifs is 1. The highest BCUT2D eigenvalue weighted by Crippen LogP contribution is 2.22. The van der Waals surface area contributed by atoms with E-state index in [0.717, 1.165) is 22.9 Å². The molecule has 158 valence electrons. The number of carbonyl (C=O) groups is 1. The molecule has 1 aliphatic heterocycles. The summed E-state index contributed by atoms with van der Waals surface area (Å²) in [7, 11) is -2.86. The maximum Gasteiger partial charge on any atom is 0.272 e. The molecular weight excluding hydrogens is 422 g/mol. The maximum absolute atomic E-state index is 12.8. The first-order chi connectivity index (χ1) is 14.4. The Labute approximate surface area is 181 Å². The van der Waals surface area contributed by atoms with Gasteiger partial charge in [0.1, 0.15) is 9.84 Å². The Bertz CT molecular complexity index is 1140. The number of rotatable bonds is 6. The summed E-state index contributed by atoms with van der Waals surface area (Å²) in [6.07, 6.45) is 2.14. The number of para-hydroxylation sites is 1. The summed E-state index contributed by atoms with van der Waals surface area (Å²) >= 11 is 5.97. The quantitative estimate of drug-likeness (QED) is 0.627. The van der Waals surface area contributed by atoms with Gasteiger partial charge >= 0.3 is 0 Å².